The summed E-state index contributed by atoms with van der Waals surface area (Å²) in [6, 6.07) is -0.274. The number of likely N-dealkylation sites (tertiary alicyclic amines) is 1. The molecule has 0 aromatic carbocycles. The fourth-order valence-corrected chi connectivity index (χ4v) is 3.39. The van der Waals surface area contributed by atoms with Crippen LogP contribution in [0.4, 0.5) is 4.79 Å². The van der Waals surface area contributed by atoms with Crippen LogP contribution in [0.3, 0.4) is 0 Å². The van der Waals surface area contributed by atoms with Crippen molar-refractivity contribution in [1.82, 2.24) is 20.9 Å². The van der Waals surface area contributed by atoms with Crippen molar-refractivity contribution >= 4 is 17.8 Å². The summed E-state index contributed by atoms with van der Waals surface area (Å²) >= 11 is 0. The van der Waals surface area contributed by atoms with Crippen molar-refractivity contribution in [3.63, 3.8) is 0 Å². The molecular formula is C15H24N4O3. The Balaban J connectivity index is 1.64. The molecule has 0 bridgehead atoms. The van der Waals surface area contributed by atoms with E-state index in [9.17, 15) is 14.4 Å². The van der Waals surface area contributed by atoms with E-state index in [1.54, 1.807) is 6.92 Å². The van der Waals surface area contributed by atoms with Gasteiger partial charge in [0.05, 0.1) is 6.04 Å². The molecule has 7 nitrogen and oxygen atoms in total. The smallest absolute Gasteiger partial charge is 0.322 e. The average molecular weight is 308 g/mol. The van der Waals surface area contributed by atoms with Crippen molar-refractivity contribution in [2.45, 2.75) is 57.2 Å². The number of nitrogens with zero attached hydrogens (tertiary/aromatic N) is 1. The highest BCUT2D eigenvalue weighted by molar-refractivity contribution is 6.07. The predicted octanol–water partition coefficient (Wildman–Crippen LogP) is -0.0364. The maximum Gasteiger partial charge on any atom is 0.322 e. The first-order valence-corrected chi connectivity index (χ1v) is 8.08. The minimum atomic E-state index is -0.873. The van der Waals surface area contributed by atoms with Crippen LogP contribution in [0.2, 0.25) is 0 Å². The van der Waals surface area contributed by atoms with Crippen LogP contribution in [0, 0.1) is 5.92 Å². The molecule has 4 amide bonds. The lowest BCUT2D eigenvalue weighted by molar-refractivity contribution is -0.128. The quantitative estimate of drug-likeness (QED) is 0.636. The fourth-order valence-electron chi connectivity index (χ4n) is 3.39. The normalized spacial score (nSPS) is 34.0. The summed E-state index contributed by atoms with van der Waals surface area (Å²) in [5.41, 5.74) is -0.873. The molecule has 0 aromatic heterocycles. The second kappa shape index (κ2) is 5.53. The van der Waals surface area contributed by atoms with Crippen LogP contribution in [-0.2, 0) is 9.59 Å². The predicted molar refractivity (Wildman–Crippen MR) is 80.0 cm³/mol. The van der Waals surface area contributed by atoms with E-state index in [4.69, 9.17) is 0 Å². The molecule has 0 spiro atoms. The molecule has 2 heterocycles. The Morgan fingerprint density at radius 3 is 2.68 bits per heavy atom. The third kappa shape index (κ3) is 2.82. The van der Waals surface area contributed by atoms with Crippen LogP contribution in [-0.4, -0.2) is 53.5 Å². The van der Waals surface area contributed by atoms with E-state index >= 15 is 0 Å². The van der Waals surface area contributed by atoms with E-state index < -0.39 is 11.6 Å². The van der Waals surface area contributed by atoms with Crippen molar-refractivity contribution in [1.29, 1.82) is 0 Å². The van der Waals surface area contributed by atoms with Crippen molar-refractivity contribution in [2.24, 2.45) is 5.92 Å². The molecule has 1 saturated carbocycles. The topological polar surface area (TPSA) is 90.5 Å². The largest absolute Gasteiger partial charge is 0.352 e. The number of urea groups is 1. The number of piperidine rings is 1. The lowest BCUT2D eigenvalue weighted by Gasteiger charge is -2.41. The van der Waals surface area contributed by atoms with E-state index in [0.717, 1.165) is 32.2 Å². The highest BCUT2D eigenvalue weighted by Gasteiger charge is 2.49. The van der Waals surface area contributed by atoms with E-state index in [2.05, 4.69) is 20.9 Å². The van der Waals surface area contributed by atoms with Gasteiger partial charge in [0, 0.05) is 18.5 Å². The molecule has 2 saturated heterocycles. The fraction of sp³-hybridized carbons (Fsp3) is 0.800. The Morgan fingerprint density at radius 2 is 2.09 bits per heavy atom. The maximum absolute atomic E-state index is 12.2. The number of rotatable bonds is 4. The van der Waals surface area contributed by atoms with Gasteiger partial charge in [0.15, 0.2) is 0 Å². The first-order chi connectivity index (χ1) is 10.4. The van der Waals surface area contributed by atoms with Gasteiger partial charge in [-0.3, -0.25) is 19.8 Å². The number of amides is 4. The first kappa shape index (κ1) is 15.3. The van der Waals surface area contributed by atoms with E-state index in [0.29, 0.717) is 12.6 Å². The molecule has 3 N–H and O–H groups in total. The van der Waals surface area contributed by atoms with E-state index in [1.165, 1.54) is 0 Å². The summed E-state index contributed by atoms with van der Waals surface area (Å²) in [6.45, 7) is 5.18. The van der Waals surface area contributed by atoms with Crippen molar-refractivity contribution in [3.05, 3.63) is 0 Å². The SMILES string of the molecule is CC(C(=O)NC1CC1)N1CCCC(C2(C)NC(=O)NC2=O)C1. The number of hydrogen-bond acceptors (Lipinski definition) is 4. The second-order valence-corrected chi connectivity index (χ2v) is 6.90. The van der Waals surface area contributed by atoms with Crippen molar-refractivity contribution in [3.8, 4) is 0 Å². The number of carbonyl (C=O) groups is 3. The molecule has 2 aliphatic heterocycles. The van der Waals surface area contributed by atoms with Gasteiger partial charge >= 0.3 is 6.03 Å². The zero-order chi connectivity index (χ0) is 15.9. The molecule has 3 aliphatic rings. The van der Waals surface area contributed by atoms with Gasteiger partial charge in [-0.05, 0) is 46.1 Å². The summed E-state index contributed by atoms with van der Waals surface area (Å²) in [5, 5.41) is 8.10. The Hall–Kier alpha value is -1.63. The Bertz CT molecular complexity index is 505. The number of carbonyl (C=O) groups excluding carboxylic acids is 3. The highest BCUT2D eigenvalue weighted by atomic mass is 16.2. The molecule has 7 heteroatoms. The maximum atomic E-state index is 12.2. The molecule has 3 fully saturated rings. The van der Waals surface area contributed by atoms with Gasteiger partial charge in [0.2, 0.25) is 5.91 Å². The number of nitrogens with one attached hydrogen (secondary N) is 3. The molecule has 3 atom stereocenters. The number of imide groups is 1. The lowest BCUT2D eigenvalue weighted by atomic mass is 9.79. The van der Waals surface area contributed by atoms with E-state index in [1.807, 2.05) is 6.92 Å². The summed E-state index contributed by atoms with van der Waals surface area (Å²) in [6.07, 6.45) is 3.94. The summed E-state index contributed by atoms with van der Waals surface area (Å²) in [7, 11) is 0. The second-order valence-electron chi connectivity index (χ2n) is 6.90. The lowest BCUT2D eigenvalue weighted by Crippen LogP contribution is -2.58. The summed E-state index contributed by atoms with van der Waals surface area (Å²) < 4.78 is 0. The Kier molecular flexibility index (Phi) is 3.84. The zero-order valence-electron chi connectivity index (χ0n) is 13.1. The van der Waals surface area contributed by atoms with Gasteiger partial charge in [-0.15, -0.1) is 0 Å². The third-order valence-corrected chi connectivity index (χ3v) is 5.19. The third-order valence-electron chi connectivity index (χ3n) is 5.19. The molecule has 0 radical (unpaired) electrons. The Labute approximate surface area is 130 Å². The zero-order valence-corrected chi connectivity index (χ0v) is 13.1. The Morgan fingerprint density at radius 1 is 1.36 bits per heavy atom. The van der Waals surface area contributed by atoms with Crippen molar-refractivity contribution < 1.29 is 14.4 Å². The van der Waals surface area contributed by atoms with Gasteiger partial charge in [0.1, 0.15) is 5.54 Å². The van der Waals surface area contributed by atoms with Gasteiger partial charge < -0.3 is 10.6 Å². The molecule has 3 rings (SSSR count). The molecule has 122 valence electrons. The van der Waals surface area contributed by atoms with Crippen LogP contribution in [0.15, 0.2) is 0 Å². The van der Waals surface area contributed by atoms with Gasteiger partial charge in [-0.25, -0.2) is 4.79 Å². The van der Waals surface area contributed by atoms with Crippen LogP contribution in [0.5, 0.6) is 0 Å². The van der Waals surface area contributed by atoms with Crippen LogP contribution < -0.4 is 16.0 Å². The van der Waals surface area contributed by atoms with Crippen LogP contribution in [0.25, 0.3) is 0 Å². The molecule has 3 unspecified atom stereocenters. The van der Waals surface area contributed by atoms with Crippen LogP contribution >= 0.6 is 0 Å². The van der Waals surface area contributed by atoms with E-state index in [-0.39, 0.29) is 23.8 Å². The standard InChI is InChI=1S/C15H24N4O3/c1-9(12(20)16-11-5-6-11)19-7-3-4-10(8-19)15(2)13(21)17-14(22)18-15/h9-11H,3-8H2,1-2H3,(H,16,20)(H2,17,18,21,22). The molecule has 1 aliphatic carbocycles. The highest BCUT2D eigenvalue weighted by Crippen LogP contribution is 2.30. The number of hydrogen-bond donors (Lipinski definition) is 3. The summed E-state index contributed by atoms with van der Waals surface area (Å²) in [4.78, 5) is 37.9. The van der Waals surface area contributed by atoms with Gasteiger partial charge in [0.25, 0.3) is 5.91 Å². The average Bonchev–Trinajstić information content (AvgIpc) is 3.25. The molecular weight excluding hydrogens is 284 g/mol. The first-order valence-electron chi connectivity index (χ1n) is 8.08. The molecule has 22 heavy (non-hydrogen) atoms. The van der Waals surface area contributed by atoms with Gasteiger partial charge in [-0.2, -0.15) is 0 Å². The summed E-state index contributed by atoms with van der Waals surface area (Å²) in [5.74, 6) is -0.184. The van der Waals surface area contributed by atoms with Crippen molar-refractivity contribution in [2.75, 3.05) is 13.1 Å². The minimum absolute atomic E-state index is 0.0175. The van der Waals surface area contributed by atoms with Gasteiger partial charge in [-0.1, -0.05) is 0 Å². The minimum Gasteiger partial charge on any atom is -0.352 e. The van der Waals surface area contributed by atoms with Crippen LogP contribution in [0.1, 0.15) is 39.5 Å². The monoisotopic (exact) mass is 308 g/mol. The molecule has 0 aromatic rings.